The Morgan fingerprint density at radius 3 is 2.48 bits per heavy atom. The molecule has 0 N–H and O–H groups in total. The van der Waals surface area contributed by atoms with E-state index in [1.54, 1.807) is 16.7 Å². The van der Waals surface area contributed by atoms with Gasteiger partial charge in [0.2, 0.25) is 6.79 Å². The van der Waals surface area contributed by atoms with Gasteiger partial charge >= 0.3 is 5.69 Å². The van der Waals surface area contributed by atoms with E-state index in [4.69, 9.17) is 9.47 Å². The van der Waals surface area contributed by atoms with E-state index >= 15 is 0 Å². The van der Waals surface area contributed by atoms with Crippen molar-refractivity contribution in [1.82, 2.24) is 9.13 Å². The molecule has 6 nitrogen and oxygen atoms in total. The van der Waals surface area contributed by atoms with Gasteiger partial charge in [-0.1, -0.05) is 42.0 Å². The van der Waals surface area contributed by atoms with Crippen molar-refractivity contribution in [3.05, 3.63) is 104 Å². The highest BCUT2D eigenvalue weighted by molar-refractivity contribution is 5.78. The van der Waals surface area contributed by atoms with Gasteiger partial charge in [0.05, 0.1) is 24.0 Å². The Morgan fingerprint density at radius 2 is 1.65 bits per heavy atom. The predicted molar refractivity (Wildman–Crippen MR) is 119 cm³/mol. The lowest BCUT2D eigenvalue weighted by Crippen LogP contribution is -2.40. The maximum atomic E-state index is 13.5. The van der Waals surface area contributed by atoms with E-state index in [0.717, 1.165) is 16.7 Å². The second kappa shape index (κ2) is 7.47. The molecule has 0 spiro atoms. The lowest BCUT2D eigenvalue weighted by atomic mass is 10.1. The van der Waals surface area contributed by atoms with Crippen LogP contribution in [0.3, 0.4) is 0 Å². The maximum absolute atomic E-state index is 13.5. The fraction of sp³-hybridized carbons (Fsp3) is 0.200. The third-order valence-corrected chi connectivity index (χ3v) is 5.74. The average Bonchev–Trinajstić information content (AvgIpc) is 3.23. The highest BCUT2D eigenvalue weighted by Gasteiger charge is 2.17. The van der Waals surface area contributed by atoms with E-state index in [0.29, 0.717) is 28.9 Å². The number of para-hydroxylation sites is 1. The number of rotatable bonds is 4. The summed E-state index contributed by atoms with van der Waals surface area (Å²) in [7, 11) is 0. The van der Waals surface area contributed by atoms with Gasteiger partial charge in [-0.15, -0.1) is 0 Å². The Kier molecular flexibility index (Phi) is 4.62. The van der Waals surface area contributed by atoms with Crippen molar-refractivity contribution in [3.8, 4) is 11.5 Å². The minimum absolute atomic E-state index is 0.159. The fourth-order valence-electron chi connectivity index (χ4n) is 4.08. The van der Waals surface area contributed by atoms with Crippen LogP contribution in [-0.2, 0) is 13.1 Å². The van der Waals surface area contributed by atoms with Gasteiger partial charge in [0, 0.05) is 0 Å². The van der Waals surface area contributed by atoms with Crippen molar-refractivity contribution in [2.75, 3.05) is 6.79 Å². The molecule has 0 amide bonds. The molecule has 0 bridgehead atoms. The number of benzene rings is 3. The molecule has 5 rings (SSSR count). The van der Waals surface area contributed by atoms with Gasteiger partial charge in [-0.05, 0) is 54.8 Å². The van der Waals surface area contributed by atoms with Gasteiger partial charge in [-0.3, -0.25) is 13.9 Å². The summed E-state index contributed by atoms with van der Waals surface area (Å²) in [5.74, 6) is 1.30. The molecule has 0 saturated carbocycles. The number of aryl methyl sites for hydroxylation is 2. The van der Waals surface area contributed by atoms with Crippen LogP contribution in [0.5, 0.6) is 11.5 Å². The first-order chi connectivity index (χ1) is 15.0. The van der Waals surface area contributed by atoms with Crippen molar-refractivity contribution in [2.24, 2.45) is 0 Å². The van der Waals surface area contributed by atoms with Crippen molar-refractivity contribution in [1.29, 1.82) is 0 Å². The third-order valence-electron chi connectivity index (χ3n) is 5.74. The Bertz CT molecular complexity index is 1430. The molecule has 1 aliphatic rings. The summed E-state index contributed by atoms with van der Waals surface area (Å²) < 4.78 is 13.8. The summed E-state index contributed by atoms with van der Waals surface area (Å²) in [5, 5.41) is 0.521. The van der Waals surface area contributed by atoms with Crippen molar-refractivity contribution in [3.63, 3.8) is 0 Å². The largest absolute Gasteiger partial charge is 0.454 e. The van der Waals surface area contributed by atoms with Crippen LogP contribution in [0.4, 0.5) is 0 Å². The van der Waals surface area contributed by atoms with Crippen LogP contribution in [0.2, 0.25) is 0 Å². The second-order valence-electron chi connectivity index (χ2n) is 7.89. The summed E-state index contributed by atoms with van der Waals surface area (Å²) in [6.45, 7) is 4.82. The summed E-state index contributed by atoms with van der Waals surface area (Å²) in [6.07, 6.45) is 0. The van der Waals surface area contributed by atoms with E-state index in [2.05, 4.69) is 6.07 Å². The first-order valence-corrected chi connectivity index (χ1v) is 10.2. The molecule has 0 atom stereocenters. The van der Waals surface area contributed by atoms with Gasteiger partial charge in [-0.2, -0.15) is 0 Å². The van der Waals surface area contributed by atoms with Gasteiger partial charge < -0.3 is 9.47 Å². The maximum Gasteiger partial charge on any atom is 0.332 e. The van der Waals surface area contributed by atoms with Crippen LogP contribution in [0, 0.1) is 13.8 Å². The third kappa shape index (κ3) is 3.40. The van der Waals surface area contributed by atoms with Crippen molar-refractivity contribution >= 4 is 10.9 Å². The second-order valence-corrected chi connectivity index (χ2v) is 7.89. The average molecular weight is 414 g/mol. The van der Waals surface area contributed by atoms with Gasteiger partial charge in [-0.25, -0.2) is 4.79 Å². The number of nitrogens with zero attached hydrogens (tertiary/aromatic N) is 2. The van der Waals surface area contributed by atoms with Crippen LogP contribution in [0.15, 0.2) is 70.3 Å². The molecule has 156 valence electrons. The smallest absolute Gasteiger partial charge is 0.332 e. The minimum atomic E-state index is -0.332. The Hall–Kier alpha value is -3.80. The summed E-state index contributed by atoms with van der Waals surface area (Å²) in [4.78, 5) is 26.7. The first kappa shape index (κ1) is 19.2. The number of ether oxygens (including phenoxy) is 2. The highest BCUT2D eigenvalue weighted by atomic mass is 16.7. The van der Waals surface area contributed by atoms with Crippen molar-refractivity contribution < 1.29 is 9.47 Å². The normalized spacial score (nSPS) is 12.5. The number of fused-ring (bicyclic) bond motifs is 2. The summed E-state index contributed by atoms with van der Waals surface area (Å²) in [5.41, 5.74) is 4.15. The van der Waals surface area contributed by atoms with Crippen LogP contribution >= 0.6 is 0 Å². The molecule has 0 radical (unpaired) electrons. The van der Waals surface area contributed by atoms with Crippen LogP contribution < -0.4 is 20.7 Å². The zero-order chi connectivity index (χ0) is 21.5. The summed E-state index contributed by atoms with van der Waals surface area (Å²) in [6, 6.07) is 18.9. The number of hydrogen-bond acceptors (Lipinski definition) is 4. The fourth-order valence-corrected chi connectivity index (χ4v) is 4.08. The molecule has 1 aliphatic heterocycles. The standard InChI is InChI=1S/C25H22N2O4/c1-16-7-9-19(17(2)11-16)14-26-21-6-4-3-5-20(21)24(28)27(25(26)29)13-18-8-10-22-23(12-18)31-15-30-22/h3-12H,13-15H2,1-2H3. The lowest BCUT2D eigenvalue weighted by molar-refractivity contribution is 0.174. The molecule has 0 unspecified atom stereocenters. The summed E-state index contributed by atoms with van der Waals surface area (Å²) >= 11 is 0. The zero-order valence-electron chi connectivity index (χ0n) is 17.4. The molecule has 6 heteroatoms. The van der Waals surface area contributed by atoms with E-state index in [9.17, 15) is 9.59 Å². The van der Waals surface area contributed by atoms with Gasteiger partial charge in [0.1, 0.15) is 0 Å². The van der Waals surface area contributed by atoms with E-state index in [1.165, 1.54) is 10.1 Å². The van der Waals surface area contributed by atoms with E-state index < -0.39 is 0 Å². The van der Waals surface area contributed by atoms with Crippen LogP contribution in [0.1, 0.15) is 22.3 Å². The molecule has 2 heterocycles. The van der Waals surface area contributed by atoms with E-state index in [-0.39, 0.29) is 24.6 Å². The SMILES string of the molecule is Cc1ccc(Cn2c(=O)n(Cc3ccc4c(c3)OCO4)c(=O)c3ccccc32)c(C)c1. The van der Waals surface area contributed by atoms with Gasteiger partial charge in [0.15, 0.2) is 11.5 Å². The molecule has 1 aromatic heterocycles. The van der Waals surface area contributed by atoms with Crippen molar-refractivity contribution in [2.45, 2.75) is 26.9 Å². The Labute approximate surface area is 178 Å². The lowest BCUT2D eigenvalue weighted by Gasteiger charge is -2.16. The molecule has 3 aromatic carbocycles. The molecule has 31 heavy (non-hydrogen) atoms. The van der Waals surface area contributed by atoms with E-state index in [1.807, 2.05) is 56.3 Å². The quantitative estimate of drug-likeness (QED) is 0.512. The Morgan fingerprint density at radius 1 is 0.839 bits per heavy atom. The van der Waals surface area contributed by atoms with Crippen LogP contribution in [-0.4, -0.2) is 15.9 Å². The Balaban J connectivity index is 1.65. The predicted octanol–water partition coefficient (Wildman–Crippen LogP) is 3.61. The monoisotopic (exact) mass is 414 g/mol. The molecular formula is C25H22N2O4. The van der Waals surface area contributed by atoms with Crippen LogP contribution in [0.25, 0.3) is 10.9 Å². The highest BCUT2D eigenvalue weighted by Crippen LogP contribution is 2.32. The first-order valence-electron chi connectivity index (χ1n) is 10.2. The molecule has 0 aliphatic carbocycles. The molecule has 0 saturated heterocycles. The molecule has 0 fully saturated rings. The number of hydrogen-bond donors (Lipinski definition) is 0. The number of aromatic nitrogens is 2. The van der Waals surface area contributed by atoms with Gasteiger partial charge in [0.25, 0.3) is 5.56 Å². The topological polar surface area (TPSA) is 62.5 Å². The zero-order valence-corrected chi connectivity index (χ0v) is 17.4. The minimum Gasteiger partial charge on any atom is -0.454 e. The molecule has 4 aromatic rings. The molecular weight excluding hydrogens is 392 g/mol.